The number of benzene rings is 1. The van der Waals surface area contributed by atoms with E-state index < -0.39 is 30.2 Å². The Bertz CT molecular complexity index is 1410. The van der Waals surface area contributed by atoms with Crippen molar-refractivity contribution in [3.63, 3.8) is 0 Å². The zero-order valence-electron chi connectivity index (χ0n) is 19.5. The van der Waals surface area contributed by atoms with Gasteiger partial charge in [0.05, 0.1) is 18.2 Å². The van der Waals surface area contributed by atoms with Gasteiger partial charge >= 0.3 is 6.18 Å². The molecule has 12 heteroatoms. The number of aromatic nitrogens is 4. The van der Waals surface area contributed by atoms with Crippen LogP contribution in [0.5, 0.6) is 5.75 Å². The lowest BCUT2D eigenvalue weighted by Crippen LogP contribution is -2.38. The van der Waals surface area contributed by atoms with E-state index in [-0.39, 0.29) is 36.8 Å². The third kappa shape index (κ3) is 4.36. The second-order valence-corrected chi connectivity index (χ2v) is 8.66. The van der Waals surface area contributed by atoms with E-state index in [9.17, 15) is 17.6 Å². The number of halogens is 4. The average molecular weight is 504 g/mol. The lowest BCUT2D eigenvalue weighted by molar-refractivity contribution is -0.184. The molecule has 0 spiro atoms. The minimum absolute atomic E-state index is 0.0153. The fraction of sp³-hybridized carbons (Fsp3) is 0.375. The molecule has 1 aliphatic rings. The smallest absolute Gasteiger partial charge is 0.408 e. The minimum atomic E-state index is -4.55. The summed E-state index contributed by atoms with van der Waals surface area (Å²) in [5.41, 5.74) is 7.19. The number of fused-ring (bicyclic) bond motifs is 2. The van der Waals surface area contributed by atoms with Crippen LogP contribution in [-0.2, 0) is 4.74 Å². The SMILES string of the molecule is CCOc1cc2nc(-c3nnc4ccc([C@@H](N5C[C@@H](N)[C@H](OC)C5)C(F)(F)F)cn34)ccc2cc1F. The van der Waals surface area contributed by atoms with E-state index in [1.807, 2.05) is 0 Å². The molecule has 0 bridgehead atoms. The molecule has 0 amide bonds. The summed E-state index contributed by atoms with van der Waals surface area (Å²) in [5, 5.41) is 8.79. The molecule has 3 aromatic heterocycles. The van der Waals surface area contributed by atoms with Crippen LogP contribution in [0.3, 0.4) is 0 Å². The van der Waals surface area contributed by atoms with Gasteiger partial charge in [0.15, 0.2) is 23.0 Å². The fourth-order valence-electron chi connectivity index (χ4n) is 4.65. The number of hydrogen-bond acceptors (Lipinski definition) is 7. The lowest BCUT2D eigenvalue weighted by Gasteiger charge is -2.30. The largest absolute Gasteiger partial charge is 0.491 e. The number of alkyl halides is 3. The average Bonchev–Trinajstić information content (AvgIpc) is 3.41. The van der Waals surface area contributed by atoms with Gasteiger partial charge in [0, 0.05) is 43.9 Å². The van der Waals surface area contributed by atoms with Gasteiger partial charge in [-0.2, -0.15) is 13.2 Å². The monoisotopic (exact) mass is 504 g/mol. The Labute approximate surface area is 203 Å². The van der Waals surface area contributed by atoms with E-state index in [1.54, 1.807) is 19.1 Å². The molecule has 2 N–H and O–H groups in total. The number of nitrogens with two attached hydrogens (primary N) is 1. The highest BCUT2D eigenvalue weighted by Crippen LogP contribution is 2.40. The molecule has 4 aromatic rings. The van der Waals surface area contributed by atoms with Crippen molar-refractivity contribution in [1.29, 1.82) is 0 Å². The molecule has 1 fully saturated rings. The Kier molecular flexibility index (Phi) is 6.27. The van der Waals surface area contributed by atoms with Crippen LogP contribution in [0.15, 0.2) is 42.6 Å². The van der Waals surface area contributed by atoms with Crippen molar-refractivity contribution >= 4 is 16.6 Å². The van der Waals surface area contributed by atoms with Gasteiger partial charge in [0.1, 0.15) is 11.7 Å². The van der Waals surface area contributed by atoms with E-state index in [1.165, 1.54) is 46.9 Å². The number of ether oxygens (including phenoxy) is 2. The first-order valence-electron chi connectivity index (χ1n) is 11.4. The Morgan fingerprint density at radius 3 is 2.64 bits per heavy atom. The van der Waals surface area contributed by atoms with Crippen LogP contribution in [0, 0.1) is 5.82 Å². The second-order valence-electron chi connectivity index (χ2n) is 8.66. The highest BCUT2D eigenvalue weighted by molar-refractivity contribution is 5.82. The molecule has 36 heavy (non-hydrogen) atoms. The van der Waals surface area contributed by atoms with Crippen molar-refractivity contribution in [1.82, 2.24) is 24.5 Å². The van der Waals surface area contributed by atoms with Gasteiger partial charge in [-0.25, -0.2) is 9.37 Å². The van der Waals surface area contributed by atoms with Crippen molar-refractivity contribution in [3.05, 3.63) is 54.0 Å². The predicted molar refractivity (Wildman–Crippen MR) is 124 cm³/mol. The summed E-state index contributed by atoms with van der Waals surface area (Å²) >= 11 is 0. The summed E-state index contributed by atoms with van der Waals surface area (Å²) in [6.45, 7) is 2.13. The highest BCUT2D eigenvalue weighted by Gasteiger charge is 2.48. The molecule has 5 rings (SSSR count). The Morgan fingerprint density at radius 1 is 1.14 bits per heavy atom. The molecule has 4 heterocycles. The van der Waals surface area contributed by atoms with Gasteiger partial charge in [-0.1, -0.05) is 12.1 Å². The van der Waals surface area contributed by atoms with Crippen molar-refractivity contribution in [2.24, 2.45) is 5.73 Å². The molecular formula is C24H24F4N6O2. The number of methoxy groups -OCH3 is 1. The fourth-order valence-corrected chi connectivity index (χ4v) is 4.65. The third-order valence-corrected chi connectivity index (χ3v) is 6.33. The number of rotatable bonds is 6. The van der Waals surface area contributed by atoms with E-state index in [0.29, 0.717) is 22.2 Å². The molecule has 0 radical (unpaired) electrons. The van der Waals surface area contributed by atoms with E-state index in [4.69, 9.17) is 15.2 Å². The number of nitrogens with zero attached hydrogens (tertiary/aromatic N) is 5. The maximum absolute atomic E-state index is 14.3. The maximum Gasteiger partial charge on any atom is 0.408 e. The highest BCUT2D eigenvalue weighted by atomic mass is 19.4. The number of hydrogen-bond donors (Lipinski definition) is 1. The van der Waals surface area contributed by atoms with Gasteiger partial charge in [0.25, 0.3) is 0 Å². The first kappa shape index (κ1) is 24.3. The predicted octanol–water partition coefficient (Wildman–Crippen LogP) is 3.74. The van der Waals surface area contributed by atoms with Crippen LogP contribution in [0.1, 0.15) is 18.5 Å². The van der Waals surface area contributed by atoms with Gasteiger partial charge in [-0.15, -0.1) is 10.2 Å². The van der Waals surface area contributed by atoms with Crippen LogP contribution in [-0.4, -0.2) is 69.6 Å². The van der Waals surface area contributed by atoms with Crippen LogP contribution >= 0.6 is 0 Å². The van der Waals surface area contributed by atoms with Gasteiger partial charge in [0.2, 0.25) is 0 Å². The topological polar surface area (TPSA) is 90.8 Å². The second kappa shape index (κ2) is 9.26. The molecule has 8 nitrogen and oxygen atoms in total. The molecule has 1 aromatic carbocycles. The molecule has 1 saturated heterocycles. The quantitative estimate of drug-likeness (QED) is 0.400. The Balaban J connectivity index is 1.57. The molecule has 190 valence electrons. The first-order valence-corrected chi connectivity index (χ1v) is 11.4. The zero-order chi connectivity index (χ0) is 25.6. The summed E-state index contributed by atoms with van der Waals surface area (Å²) in [6.07, 6.45) is -3.67. The number of pyridine rings is 2. The van der Waals surface area contributed by atoms with Crippen LogP contribution in [0.25, 0.3) is 28.1 Å². The Morgan fingerprint density at radius 2 is 1.94 bits per heavy atom. The van der Waals surface area contributed by atoms with Crippen LogP contribution < -0.4 is 10.5 Å². The van der Waals surface area contributed by atoms with Crippen molar-refractivity contribution in [2.75, 3.05) is 26.8 Å². The summed E-state index contributed by atoms with van der Waals surface area (Å²) < 4.78 is 69.0. The molecule has 0 saturated carbocycles. The van der Waals surface area contributed by atoms with E-state index >= 15 is 0 Å². The maximum atomic E-state index is 14.3. The molecule has 1 aliphatic heterocycles. The van der Waals surface area contributed by atoms with Crippen LogP contribution in [0.2, 0.25) is 0 Å². The summed E-state index contributed by atoms with van der Waals surface area (Å²) in [4.78, 5) is 5.83. The molecule has 3 atom stereocenters. The first-order chi connectivity index (χ1) is 17.2. The van der Waals surface area contributed by atoms with Gasteiger partial charge in [-0.3, -0.25) is 9.30 Å². The van der Waals surface area contributed by atoms with Crippen molar-refractivity contribution in [3.8, 4) is 17.3 Å². The summed E-state index contributed by atoms with van der Waals surface area (Å²) in [7, 11) is 1.44. The van der Waals surface area contributed by atoms with Crippen LogP contribution in [0.4, 0.5) is 17.6 Å². The zero-order valence-corrected chi connectivity index (χ0v) is 19.5. The van der Waals surface area contributed by atoms with Gasteiger partial charge in [-0.05, 0) is 30.7 Å². The van der Waals surface area contributed by atoms with Crippen molar-refractivity contribution in [2.45, 2.75) is 31.3 Å². The number of likely N-dealkylation sites (tertiary alicyclic amines) is 1. The van der Waals surface area contributed by atoms with E-state index in [2.05, 4.69) is 15.2 Å². The molecular weight excluding hydrogens is 480 g/mol. The van der Waals surface area contributed by atoms with Gasteiger partial charge < -0.3 is 15.2 Å². The normalized spacial score (nSPS) is 19.9. The summed E-state index contributed by atoms with van der Waals surface area (Å²) in [5.74, 6) is -0.189. The standard InChI is InChI=1S/C24H24F4N6O2/c1-3-36-19-9-18-13(8-15(19)25)4-6-17(30-18)23-32-31-21-7-5-14(10-34(21)23)22(24(26,27)28)33-11-16(29)20(12-33)35-2/h4-10,16,20,22H,3,11-12,29H2,1-2H3/t16-,20-,22-/m1/s1. The third-order valence-electron chi connectivity index (χ3n) is 6.33. The minimum Gasteiger partial charge on any atom is -0.491 e. The Hall–Kier alpha value is -3.35. The van der Waals surface area contributed by atoms with E-state index in [0.717, 1.165) is 0 Å². The molecule has 0 aliphatic carbocycles. The van der Waals surface area contributed by atoms with Crippen molar-refractivity contribution < 1.29 is 27.0 Å². The lowest BCUT2D eigenvalue weighted by atomic mass is 10.1. The molecule has 0 unspecified atom stereocenters. The summed E-state index contributed by atoms with van der Waals surface area (Å²) in [6, 6.07) is 6.55.